The fraction of sp³-hybridized carbons (Fsp3) is 0.533. The van der Waals surface area contributed by atoms with Crippen molar-refractivity contribution in [2.24, 2.45) is 11.3 Å². The van der Waals surface area contributed by atoms with E-state index in [0.717, 1.165) is 18.6 Å². The fourth-order valence-electron chi connectivity index (χ4n) is 2.25. The number of carbonyl (C=O) groups excluding carboxylic acids is 1. The maximum absolute atomic E-state index is 13.6. The van der Waals surface area contributed by atoms with Crippen LogP contribution in [0.25, 0.3) is 0 Å². The van der Waals surface area contributed by atoms with Gasteiger partial charge in [0.1, 0.15) is 11.6 Å². The molecule has 1 rings (SSSR count). The predicted molar refractivity (Wildman–Crippen MR) is 80.5 cm³/mol. The van der Waals surface area contributed by atoms with Gasteiger partial charge in [0.2, 0.25) is 5.91 Å². The molecule has 5 heteroatoms. The van der Waals surface area contributed by atoms with E-state index < -0.39 is 11.6 Å². The molecule has 1 N–H and O–H groups in total. The molecule has 0 spiro atoms. The average Bonchev–Trinajstić information content (AvgIpc) is 2.22. The van der Waals surface area contributed by atoms with Crippen LogP contribution in [0.2, 0.25) is 0 Å². The molecular weight excluding hydrogens is 328 g/mol. The van der Waals surface area contributed by atoms with E-state index in [0.29, 0.717) is 0 Å². The normalized spacial score (nSPS) is 13.2. The van der Waals surface area contributed by atoms with Gasteiger partial charge in [0.15, 0.2) is 0 Å². The Bertz CT molecular complexity index is 497. The summed E-state index contributed by atoms with van der Waals surface area (Å²) in [5.41, 5.74) is 0.00736. The number of halogens is 3. The number of rotatable bonds is 4. The summed E-state index contributed by atoms with van der Waals surface area (Å²) in [6.45, 7) is 8.28. The van der Waals surface area contributed by atoms with Crippen LogP contribution in [0, 0.1) is 23.0 Å². The van der Waals surface area contributed by atoms with Crippen LogP contribution in [-0.4, -0.2) is 5.91 Å². The van der Waals surface area contributed by atoms with Crippen molar-refractivity contribution >= 4 is 27.5 Å². The summed E-state index contributed by atoms with van der Waals surface area (Å²) in [6.07, 6.45) is 1.17. The Balaban J connectivity index is 2.65. The minimum atomic E-state index is -0.657. The highest BCUT2D eigenvalue weighted by molar-refractivity contribution is 9.10. The predicted octanol–water partition coefficient (Wildman–Crippen LogP) is 5.13. The summed E-state index contributed by atoms with van der Waals surface area (Å²) in [4.78, 5) is 11.8. The molecular formula is C15H20BrF2NO. The van der Waals surface area contributed by atoms with Crippen molar-refractivity contribution in [2.75, 3.05) is 5.32 Å². The molecule has 20 heavy (non-hydrogen) atoms. The van der Waals surface area contributed by atoms with E-state index in [9.17, 15) is 13.6 Å². The lowest BCUT2D eigenvalue weighted by Crippen LogP contribution is -2.19. The summed E-state index contributed by atoms with van der Waals surface area (Å²) in [7, 11) is 0. The van der Waals surface area contributed by atoms with Gasteiger partial charge in [-0.05, 0) is 39.8 Å². The van der Waals surface area contributed by atoms with Crippen molar-refractivity contribution in [3.8, 4) is 0 Å². The quantitative estimate of drug-likeness (QED) is 0.751. The zero-order chi connectivity index (χ0) is 15.5. The molecule has 0 saturated carbocycles. The summed E-state index contributed by atoms with van der Waals surface area (Å²) >= 11 is 2.89. The van der Waals surface area contributed by atoms with E-state index in [-0.39, 0.29) is 33.8 Å². The Kier molecular flexibility index (Phi) is 5.68. The lowest BCUT2D eigenvalue weighted by atomic mass is 9.84. The highest BCUT2D eigenvalue weighted by Crippen LogP contribution is 2.27. The van der Waals surface area contributed by atoms with Crippen LogP contribution in [0.4, 0.5) is 14.5 Å². The van der Waals surface area contributed by atoms with Crippen LogP contribution in [-0.2, 0) is 4.79 Å². The van der Waals surface area contributed by atoms with Crippen LogP contribution in [0.1, 0.15) is 40.5 Å². The minimum Gasteiger partial charge on any atom is -0.324 e. The van der Waals surface area contributed by atoms with Gasteiger partial charge in [-0.3, -0.25) is 4.79 Å². The van der Waals surface area contributed by atoms with Gasteiger partial charge in [-0.1, -0.05) is 27.7 Å². The summed E-state index contributed by atoms with van der Waals surface area (Å²) in [5.74, 6) is -1.39. The van der Waals surface area contributed by atoms with Crippen LogP contribution in [0.5, 0.6) is 0 Å². The third kappa shape index (κ3) is 5.57. The summed E-state index contributed by atoms with van der Waals surface area (Å²) in [5, 5.41) is 2.42. The molecule has 0 saturated heterocycles. The Hall–Kier alpha value is -0.970. The first-order valence-corrected chi connectivity index (χ1v) is 7.32. The highest BCUT2D eigenvalue weighted by atomic mass is 79.9. The first-order valence-electron chi connectivity index (χ1n) is 6.53. The van der Waals surface area contributed by atoms with Gasteiger partial charge in [-0.2, -0.15) is 0 Å². The molecule has 0 aliphatic carbocycles. The molecule has 0 aliphatic rings. The van der Waals surface area contributed by atoms with Crippen molar-refractivity contribution in [1.29, 1.82) is 0 Å². The molecule has 1 atom stereocenters. The van der Waals surface area contributed by atoms with E-state index in [1.165, 1.54) is 0 Å². The zero-order valence-corrected chi connectivity index (χ0v) is 13.8. The second-order valence-corrected chi connectivity index (χ2v) is 7.22. The largest absolute Gasteiger partial charge is 0.324 e. The summed E-state index contributed by atoms with van der Waals surface area (Å²) in [6, 6.07) is 1.98. The number of nitrogens with one attached hydrogen (secondary N) is 1. The van der Waals surface area contributed by atoms with Crippen LogP contribution in [0.15, 0.2) is 16.6 Å². The topological polar surface area (TPSA) is 29.1 Å². The number of hydrogen-bond acceptors (Lipinski definition) is 1. The molecule has 2 nitrogen and oxygen atoms in total. The average molecular weight is 348 g/mol. The molecule has 0 aliphatic heterocycles. The van der Waals surface area contributed by atoms with Gasteiger partial charge in [0.05, 0.1) is 10.2 Å². The van der Waals surface area contributed by atoms with E-state index in [4.69, 9.17) is 0 Å². The lowest BCUT2D eigenvalue weighted by Gasteiger charge is -2.22. The van der Waals surface area contributed by atoms with Crippen molar-refractivity contribution in [3.05, 3.63) is 28.2 Å². The minimum absolute atomic E-state index is 0.0362. The maximum Gasteiger partial charge on any atom is 0.224 e. The molecule has 0 bridgehead atoms. The van der Waals surface area contributed by atoms with Crippen molar-refractivity contribution < 1.29 is 13.6 Å². The molecule has 1 amide bonds. The monoisotopic (exact) mass is 347 g/mol. The Morgan fingerprint density at radius 1 is 1.30 bits per heavy atom. The third-order valence-corrected chi connectivity index (χ3v) is 3.39. The second kappa shape index (κ2) is 6.66. The molecule has 1 aromatic carbocycles. The van der Waals surface area contributed by atoms with Crippen molar-refractivity contribution in [2.45, 2.75) is 40.5 Å². The number of benzene rings is 1. The Labute approximate surface area is 127 Å². The van der Waals surface area contributed by atoms with Crippen LogP contribution < -0.4 is 5.32 Å². The van der Waals surface area contributed by atoms with Crippen LogP contribution >= 0.6 is 15.9 Å². The second-order valence-electron chi connectivity index (χ2n) is 6.37. The number of hydrogen-bond donors (Lipinski definition) is 1. The van der Waals surface area contributed by atoms with E-state index in [2.05, 4.69) is 42.0 Å². The van der Waals surface area contributed by atoms with Crippen LogP contribution in [0.3, 0.4) is 0 Å². The van der Waals surface area contributed by atoms with Gasteiger partial charge in [0, 0.05) is 12.5 Å². The molecule has 112 valence electrons. The molecule has 1 aromatic rings. The highest BCUT2D eigenvalue weighted by Gasteiger charge is 2.18. The van der Waals surface area contributed by atoms with Gasteiger partial charge in [0.25, 0.3) is 0 Å². The van der Waals surface area contributed by atoms with E-state index in [1.54, 1.807) is 0 Å². The Morgan fingerprint density at radius 2 is 1.90 bits per heavy atom. The Morgan fingerprint density at radius 3 is 2.45 bits per heavy atom. The maximum atomic E-state index is 13.6. The first kappa shape index (κ1) is 17.1. The molecule has 0 radical (unpaired) electrons. The smallest absolute Gasteiger partial charge is 0.224 e. The van der Waals surface area contributed by atoms with Crippen molar-refractivity contribution in [3.63, 3.8) is 0 Å². The molecule has 0 aromatic heterocycles. The fourth-order valence-corrected chi connectivity index (χ4v) is 2.57. The molecule has 0 fully saturated rings. The lowest BCUT2D eigenvalue weighted by molar-refractivity contribution is -0.117. The third-order valence-electron chi connectivity index (χ3n) is 2.78. The SMILES string of the molecule is CC(CC(=O)Nc1cc(F)c(Br)cc1F)CC(C)(C)C. The molecule has 0 heterocycles. The number of amides is 1. The van der Waals surface area contributed by atoms with Gasteiger partial charge in [-0.15, -0.1) is 0 Å². The summed E-state index contributed by atoms with van der Waals surface area (Å²) < 4.78 is 27.0. The molecule has 1 unspecified atom stereocenters. The van der Waals surface area contributed by atoms with E-state index in [1.807, 2.05) is 6.92 Å². The van der Waals surface area contributed by atoms with Crippen molar-refractivity contribution in [1.82, 2.24) is 0 Å². The van der Waals surface area contributed by atoms with Gasteiger partial charge < -0.3 is 5.32 Å². The first-order chi connectivity index (χ1) is 9.08. The van der Waals surface area contributed by atoms with Gasteiger partial charge in [-0.25, -0.2) is 8.78 Å². The standard InChI is InChI=1S/C15H20BrF2NO/c1-9(8-15(2,3)4)5-14(20)19-13-7-11(17)10(16)6-12(13)18/h6-7,9H,5,8H2,1-4H3,(H,19,20). The number of anilines is 1. The van der Waals surface area contributed by atoms with Gasteiger partial charge >= 0.3 is 0 Å². The zero-order valence-electron chi connectivity index (χ0n) is 12.2. The van der Waals surface area contributed by atoms with E-state index >= 15 is 0 Å². The number of carbonyl (C=O) groups is 1.